The molecule has 1 rings (SSSR count). The molecule has 0 saturated heterocycles. The first-order valence-electron chi connectivity index (χ1n) is 5.71. The maximum atomic E-state index is 12.0. The second-order valence-corrected chi connectivity index (χ2v) is 7.30. The standard InChI is InChI=1S/C12H15Cl3O2S/c13-7-3-1-2-4-8-18(16,17)10-5-6-11(14)12(15)9-10/h5-6,9H,1-4,7-8H2. The number of hydrogen-bond acceptors (Lipinski definition) is 2. The van der Waals surface area contributed by atoms with Crippen LogP contribution in [0.5, 0.6) is 0 Å². The van der Waals surface area contributed by atoms with Crippen molar-refractivity contribution in [2.45, 2.75) is 30.6 Å². The second-order valence-electron chi connectivity index (χ2n) is 4.00. The summed E-state index contributed by atoms with van der Waals surface area (Å²) < 4.78 is 24.0. The molecule has 0 heterocycles. The van der Waals surface area contributed by atoms with E-state index in [0.29, 0.717) is 17.3 Å². The lowest BCUT2D eigenvalue weighted by Crippen LogP contribution is -2.06. The Balaban J connectivity index is 2.60. The number of unbranched alkanes of at least 4 members (excludes halogenated alkanes) is 3. The Kier molecular flexibility index (Phi) is 6.78. The Morgan fingerprint density at radius 1 is 0.944 bits per heavy atom. The van der Waals surface area contributed by atoms with Gasteiger partial charge in [-0.05, 0) is 31.0 Å². The maximum Gasteiger partial charge on any atom is 0.178 e. The van der Waals surface area contributed by atoms with E-state index in [2.05, 4.69) is 0 Å². The van der Waals surface area contributed by atoms with Crippen LogP contribution in [0.1, 0.15) is 25.7 Å². The third-order valence-corrected chi connectivity index (χ3v) is 5.35. The zero-order valence-corrected chi connectivity index (χ0v) is 12.9. The zero-order valence-electron chi connectivity index (χ0n) is 9.83. The van der Waals surface area contributed by atoms with Crippen LogP contribution in [0.15, 0.2) is 23.1 Å². The van der Waals surface area contributed by atoms with E-state index < -0.39 is 9.84 Å². The van der Waals surface area contributed by atoms with Crippen molar-refractivity contribution in [3.05, 3.63) is 28.2 Å². The van der Waals surface area contributed by atoms with Crippen molar-refractivity contribution in [3.8, 4) is 0 Å². The van der Waals surface area contributed by atoms with Crippen LogP contribution in [0.4, 0.5) is 0 Å². The van der Waals surface area contributed by atoms with Crippen LogP contribution in [0, 0.1) is 0 Å². The Labute approximate surface area is 123 Å². The largest absolute Gasteiger partial charge is 0.224 e. The van der Waals surface area contributed by atoms with Crippen LogP contribution < -0.4 is 0 Å². The number of halogens is 3. The van der Waals surface area contributed by atoms with Gasteiger partial charge in [-0.2, -0.15) is 0 Å². The van der Waals surface area contributed by atoms with Crippen LogP contribution in [0.25, 0.3) is 0 Å². The Morgan fingerprint density at radius 3 is 2.22 bits per heavy atom. The molecule has 0 spiro atoms. The Hall–Kier alpha value is 0.0400. The number of hydrogen-bond donors (Lipinski definition) is 0. The van der Waals surface area contributed by atoms with Crippen molar-refractivity contribution in [1.82, 2.24) is 0 Å². The summed E-state index contributed by atoms with van der Waals surface area (Å²) in [6.45, 7) is 0. The molecular weight excluding hydrogens is 315 g/mol. The molecule has 18 heavy (non-hydrogen) atoms. The summed E-state index contributed by atoms with van der Waals surface area (Å²) in [6.07, 6.45) is 3.39. The third kappa shape index (κ3) is 4.96. The smallest absolute Gasteiger partial charge is 0.178 e. The van der Waals surface area contributed by atoms with Gasteiger partial charge in [-0.15, -0.1) is 11.6 Å². The molecule has 0 atom stereocenters. The van der Waals surface area contributed by atoms with E-state index >= 15 is 0 Å². The molecule has 6 heteroatoms. The van der Waals surface area contributed by atoms with Crippen molar-refractivity contribution < 1.29 is 8.42 Å². The average Bonchev–Trinajstić information content (AvgIpc) is 2.32. The Bertz CT molecular complexity index is 486. The van der Waals surface area contributed by atoms with E-state index in [1.165, 1.54) is 18.2 Å². The minimum absolute atomic E-state index is 0.132. The van der Waals surface area contributed by atoms with E-state index in [1.807, 2.05) is 0 Å². The first-order chi connectivity index (χ1) is 8.47. The van der Waals surface area contributed by atoms with Crippen LogP contribution in [-0.4, -0.2) is 20.1 Å². The van der Waals surface area contributed by atoms with Crippen LogP contribution in [0.2, 0.25) is 10.0 Å². The lowest BCUT2D eigenvalue weighted by Gasteiger charge is -2.05. The monoisotopic (exact) mass is 328 g/mol. The molecular formula is C12H15Cl3O2S. The second kappa shape index (κ2) is 7.59. The van der Waals surface area contributed by atoms with Crippen molar-refractivity contribution >= 4 is 44.6 Å². The molecule has 0 saturated carbocycles. The molecule has 0 aromatic heterocycles. The molecule has 102 valence electrons. The van der Waals surface area contributed by atoms with E-state index in [-0.39, 0.29) is 15.7 Å². The summed E-state index contributed by atoms with van der Waals surface area (Å²) in [4.78, 5) is 0.231. The highest BCUT2D eigenvalue weighted by molar-refractivity contribution is 7.91. The SMILES string of the molecule is O=S(=O)(CCCCCCCl)c1ccc(Cl)c(Cl)c1. The molecule has 0 fully saturated rings. The molecule has 0 radical (unpaired) electrons. The molecule has 0 aliphatic heterocycles. The number of rotatable bonds is 7. The third-order valence-electron chi connectivity index (χ3n) is 2.55. The minimum Gasteiger partial charge on any atom is -0.224 e. The van der Waals surface area contributed by atoms with Gasteiger partial charge in [0, 0.05) is 5.88 Å². The van der Waals surface area contributed by atoms with Gasteiger partial charge in [0.2, 0.25) is 0 Å². The van der Waals surface area contributed by atoms with Gasteiger partial charge in [0.15, 0.2) is 9.84 Å². The average molecular weight is 330 g/mol. The fourth-order valence-electron chi connectivity index (χ4n) is 1.53. The van der Waals surface area contributed by atoms with Crippen LogP contribution in [0.3, 0.4) is 0 Å². The lowest BCUT2D eigenvalue weighted by molar-refractivity contribution is 0.589. The number of sulfone groups is 1. The molecule has 0 unspecified atom stereocenters. The predicted octanol–water partition coefficient (Wildman–Crippen LogP) is 4.57. The summed E-state index contributed by atoms with van der Waals surface area (Å²) in [5, 5.41) is 0.623. The van der Waals surface area contributed by atoms with Crippen molar-refractivity contribution in [2.75, 3.05) is 11.6 Å². The van der Waals surface area contributed by atoms with Crippen molar-refractivity contribution in [2.24, 2.45) is 0 Å². The summed E-state index contributed by atoms with van der Waals surface area (Å²) in [5.41, 5.74) is 0. The predicted molar refractivity (Wildman–Crippen MR) is 77.7 cm³/mol. The van der Waals surface area contributed by atoms with E-state index in [4.69, 9.17) is 34.8 Å². The number of alkyl halides is 1. The first kappa shape index (κ1) is 16.1. The van der Waals surface area contributed by atoms with Gasteiger partial charge in [-0.25, -0.2) is 8.42 Å². The normalized spacial score (nSPS) is 11.7. The van der Waals surface area contributed by atoms with Gasteiger partial charge in [-0.3, -0.25) is 0 Å². The molecule has 1 aromatic carbocycles. The molecule has 0 aliphatic rings. The topological polar surface area (TPSA) is 34.1 Å². The van der Waals surface area contributed by atoms with Crippen LogP contribution >= 0.6 is 34.8 Å². The number of benzene rings is 1. The zero-order chi connectivity index (χ0) is 13.6. The van der Waals surface area contributed by atoms with E-state index in [0.717, 1.165) is 19.3 Å². The van der Waals surface area contributed by atoms with Gasteiger partial charge in [0.1, 0.15) is 0 Å². The highest BCUT2D eigenvalue weighted by Gasteiger charge is 2.15. The van der Waals surface area contributed by atoms with Gasteiger partial charge in [-0.1, -0.05) is 36.0 Å². The fraction of sp³-hybridized carbons (Fsp3) is 0.500. The summed E-state index contributed by atoms with van der Waals surface area (Å²) in [6, 6.07) is 4.39. The molecule has 0 amide bonds. The minimum atomic E-state index is -3.26. The summed E-state index contributed by atoms with van der Waals surface area (Å²) >= 11 is 17.1. The fourth-order valence-corrected chi connectivity index (χ4v) is 3.47. The lowest BCUT2D eigenvalue weighted by atomic mass is 10.2. The summed E-state index contributed by atoms with van der Waals surface area (Å²) in [7, 11) is -3.26. The van der Waals surface area contributed by atoms with Gasteiger partial charge in [0.25, 0.3) is 0 Å². The first-order valence-corrected chi connectivity index (χ1v) is 8.65. The maximum absolute atomic E-state index is 12.0. The van der Waals surface area contributed by atoms with Gasteiger partial charge in [0.05, 0.1) is 20.7 Å². The quantitative estimate of drug-likeness (QED) is 0.542. The van der Waals surface area contributed by atoms with E-state index in [9.17, 15) is 8.42 Å². The summed E-state index contributed by atoms with van der Waals surface area (Å²) in [5.74, 6) is 0.757. The highest BCUT2D eigenvalue weighted by atomic mass is 35.5. The molecule has 0 bridgehead atoms. The van der Waals surface area contributed by atoms with Crippen molar-refractivity contribution in [3.63, 3.8) is 0 Å². The van der Waals surface area contributed by atoms with Gasteiger partial charge < -0.3 is 0 Å². The highest BCUT2D eigenvalue weighted by Crippen LogP contribution is 2.25. The molecule has 0 aliphatic carbocycles. The molecule has 2 nitrogen and oxygen atoms in total. The molecule has 1 aromatic rings. The Morgan fingerprint density at radius 2 is 1.61 bits per heavy atom. The van der Waals surface area contributed by atoms with Crippen LogP contribution in [-0.2, 0) is 9.84 Å². The van der Waals surface area contributed by atoms with Gasteiger partial charge >= 0.3 is 0 Å². The van der Waals surface area contributed by atoms with E-state index in [1.54, 1.807) is 0 Å². The van der Waals surface area contributed by atoms with Crippen molar-refractivity contribution in [1.29, 1.82) is 0 Å². The molecule has 0 N–H and O–H groups in total.